The average Bonchev–Trinajstić information content (AvgIpc) is 2.81. The Balaban J connectivity index is 1.93. The van der Waals surface area contributed by atoms with E-state index in [1.165, 1.54) is 0 Å². The fourth-order valence-corrected chi connectivity index (χ4v) is 3.33. The van der Waals surface area contributed by atoms with Crippen LogP contribution < -0.4 is 5.48 Å². The highest BCUT2D eigenvalue weighted by molar-refractivity contribution is 6.00. The third-order valence-electron chi connectivity index (χ3n) is 4.69. The average molecular weight is 312 g/mol. The fraction of sp³-hybridized carbons (Fsp3) is 0.333. The van der Waals surface area contributed by atoms with E-state index in [0.29, 0.717) is 18.5 Å². The number of rotatable bonds is 3. The molecular weight excluding hydrogens is 292 g/mol. The Morgan fingerprint density at radius 3 is 2.57 bits per heavy atom. The number of Topliss-reactive ketones (excluding diaryl/α,β-unsaturated/α-hetero) is 1. The third kappa shape index (κ3) is 2.68. The largest absolute Gasteiger partial charge is 0.344 e. The van der Waals surface area contributed by atoms with E-state index in [1.54, 1.807) is 17.6 Å². The smallest absolute Gasteiger partial charge is 0.274 e. The van der Waals surface area contributed by atoms with Crippen LogP contribution in [-0.2, 0) is 13.0 Å². The number of hydroxylamine groups is 1. The second-order valence-electron chi connectivity index (χ2n) is 6.03. The lowest BCUT2D eigenvalue weighted by molar-refractivity contribution is 0.0706. The van der Waals surface area contributed by atoms with Gasteiger partial charge >= 0.3 is 0 Å². The SMILES string of the molecule is Cc1c2c(n(Cc3ccc(C(=O)NO)cc3)c1C)CCCC2=O. The second kappa shape index (κ2) is 6.01. The number of aromatic nitrogens is 1. The van der Waals surface area contributed by atoms with E-state index in [0.717, 1.165) is 40.9 Å². The van der Waals surface area contributed by atoms with Crippen molar-refractivity contribution in [3.63, 3.8) is 0 Å². The molecule has 1 aromatic carbocycles. The summed E-state index contributed by atoms with van der Waals surface area (Å²) in [6, 6.07) is 7.11. The van der Waals surface area contributed by atoms with Crippen LogP contribution in [-0.4, -0.2) is 21.5 Å². The van der Waals surface area contributed by atoms with E-state index < -0.39 is 5.91 Å². The maximum absolute atomic E-state index is 12.2. The number of carbonyl (C=O) groups excluding carboxylic acids is 2. The standard InChI is InChI=1S/C18H20N2O3/c1-11-12(2)20(15-4-3-5-16(21)17(11)15)10-13-6-8-14(9-7-13)18(22)19-23/h6-9,23H,3-5,10H2,1-2H3,(H,19,22). The van der Waals surface area contributed by atoms with Crippen molar-refractivity contribution in [2.45, 2.75) is 39.7 Å². The first-order chi connectivity index (χ1) is 11.0. The highest BCUT2D eigenvalue weighted by atomic mass is 16.5. The number of carbonyl (C=O) groups is 2. The van der Waals surface area contributed by atoms with Gasteiger partial charge in [0.15, 0.2) is 5.78 Å². The van der Waals surface area contributed by atoms with E-state index in [-0.39, 0.29) is 5.78 Å². The topological polar surface area (TPSA) is 71.3 Å². The number of hydrogen-bond acceptors (Lipinski definition) is 3. The highest BCUT2D eigenvalue weighted by Crippen LogP contribution is 2.30. The number of nitrogens with zero attached hydrogens (tertiary/aromatic N) is 1. The van der Waals surface area contributed by atoms with Crippen LogP contribution in [0.1, 0.15) is 56.1 Å². The van der Waals surface area contributed by atoms with Crippen molar-refractivity contribution in [3.8, 4) is 0 Å². The van der Waals surface area contributed by atoms with Crippen LogP contribution in [0.3, 0.4) is 0 Å². The van der Waals surface area contributed by atoms with Crippen molar-refractivity contribution in [2.24, 2.45) is 0 Å². The number of fused-ring (bicyclic) bond motifs is 1. The molecule has 1 amide bonds. The first kappa shape index (κ1) is 15.5. The van der Waals surface area contributed by atoms with Crippen LogP contribution in [0, 0.1) is 13.8 Å². The van der Waals surface area contributed by atoms with Crippen LogP contribution in [0.5, 0.6) is 0 Å². The van der Waals surface area contributed by atoms with E-state index in [2.05, 4.69) is 11.5 Å². The van der Waals surface area contributed by atoms with Crippen molar-refractivity contribution in [1.29, 1.82) is 0 Å². The van der Waals surface area contributed by atoms with Gasteiger partial charge in [-0.3, -0.25) is 14.8 Å². The minimum atomic E-state index is -0.521. The Morgan fingerprint density at radius 2 is 1.91 bits per heavy atom. The monoisotopic (exact) mass is 312 g/mol. The summed E-state index contributed by atoms with van der Waals surface area (Å²) in [4.78, 5) is 23.6. The van der Waals surface area contributed by atoms with Gasteiger partial charge in [0.2, 0.25) is 0 Å². The third-order valence-corrected chi connectivity index (χ3v) is 4.69. The summed E-state index contributed by atoms with van der Waals surface area (Å²) >= 11 is 0. The zero-order valence-electron chi connectivity index (χ0n) is 13.3. The quantitative estimate of drug-likeness (QED) is 0.676. The van der Waals surface area contributed by atoms with Crippen molar-refractivity contribution in [1.82, 2.24) is 10.0 Å². The molecule has 23 heavy (non-hydrogen) atoms. The molecule has 0 aliphatic heterocycles. The minimum Gasteiger partial charge on any atom is -0.344 e. The summed E-state index contributed by atoms with van der Waals surface area (Å²) < 4.78 is 2.21. The normalized spacial score (nSPS) is 13.8. The molecule has 5 nitrogen and oxygen atoms in total. The van der Waals surface area contributed by atoms with Gasteiger partial charge in [-0.25, -0.2) is 5.48 Å². The van der Waals surface area contributed by atoms with Crippen molar-refractivity contribution in [3.05, 3.63) is 57.9 Å². The van der Waals surface area contributed by atoms with Gasteiger partial charge in [0, 0.05) is 35.5 Å². The Labute approximate surface area is 134 Å². The summed E-state index contributed by atoms with van der Waals surface area (Å²) in [5.74, 6) is -0.270. The zero-order chi connectivity index (χ0) is 16.6. The predicted molar refractivity (Wildman–Crippen MR) is 86.0 cm³/mol. The van der Waals surface area contributed by atoms with Crippen LogP contribution in [0.15, 0.2) is 24.3 Å². The van der Waals surface area contributed by atoms with Crippen molar-refractivity contribution < 1.29 is 14.8 Å². The van der Waals surface area contributed by atoms with Gasteiger partial charge in [0.25, 0.3) is 5.91 Å². The van der Waals surface area contributed by atoms with E-state index in [1.807, 2.05) is 19.1 Å². The van der Waals surface area contributed by atoms with Crippen molar-refractivity contribution >= 4 is 11.7 Å². The maximum Gasteiger partial charge on any atom is 0.274 e. The molecule has 0 unspecified atom stereocenters. The molecule has 0 saturated carbocycles. The predicted octanol–water partition coefficient (Wildman–Crippen LogP) is 2.79. The Morgan fingerprint density at radius 1 is 1.22 bits per heavy atom. The van der Waals surface area contributed by atoms with Crippen LogP contribution in [0.4, 0.5) is 0 Å². The molecule has 2 aromatic rings. The highest BCUT2D eigenvalue weighted by Gasteiger charge is 2.25. The molecule has 0 bridgehead atoms. The summed E-state index contributed by atoms with van der Waals surface area (Å²) in [6.45, 7) is 4.74. The Hall–Kier alpha value is -2.40. The van der Waals surface area contributed by atoms with Crippen molar-refractivity contribution in [2.75, 3.05) is 0 Å². The summed E-state index contributed by atoms with van der Waals surface area (Å²) in [5, 5.41) is 8.65. The molecule has 1 aromatic heterocycles. The molecule has 5 heteroatoms. The molecule has 1 aliphatic rings. The Kier molecular flexibility index (Phi) is 4.05. The lowest BCUT2D eigenvalue weighted by Gasteiger charge is -2.16. The molecule has 0 fully saturated rings. The number of hydrogen-bond donors (Lipinski definition) is 2. The van der Waals surface area contributed by atoms with Crippen LogP contribution >= 0.6 is 0 Å². The fourth-order valence-electron chi connectivity index (χ4n) is 3.33. The van der Waals surface area contributed by atoms with Gasteiger partial charge in [-0.15, -0.1) is 0 Å². The van der Waals surface area contributed by atoms with Crippen LogP contribution in [0.2, 0.25) is 0 Å². The van der Waals surface area contributed by atoms with Gasteiger partial charge in [0.05, 0.1) is 0 Å². The molecule has 120 valence electrons. The molecule has 1 heterocycles. The van der Waals surface area contributed by atoms with Gasteiger partial charge in [-0.2, -0.15) is 0 Å². The second-order valence-corrected chi connectivity index (χ2v) is 6.03. The van der Waals surface area contributed by atoms with E-state index >= 15 is 0 Å². The molecule has 0 saturated heterocycles. The first-order valence-electron chi connectivity index (χ1n) is 7.78. The lowest BCUT2D eigenvalue weighted by Crippen LogP contribution is -2.18. The summed E-state index contributed by atoms with van der Waals surface area (Å²) in [5.41, 5.74) is 7.34. The van der Waals surface area contributed by atoms with Gasteiger partial charge in [-0.05, 0) is 49.9 Å². The Bertz CT molecular complexity index is 773. The molecule has 0 spiro atoms. The van der Waals surface area contributed by atoms with Gasteiger partial charge in [-0.1, -0.05) is 12.1 Å². The molecule has 0 radical (unpaired) electrons. The lowest BCUT2D eigenvalue weighted by atomic mass is 9.94. The zero-order valence-corrected chi connectivity index (χ0v) is 13.3. The van der Waals surface area contributed by atoms with E-state index in [4.69, 9.17) is 5.21 Å². The number of amides is 1. The van der Waals surface area contributed by atoms with Crippen LogP contribution in [0.25, 0.3) is 0 Å². The van der Waals surface area contributed by atoms with E-state index in [9.17, 15) is 9.59 Å². The van der Waals surface area contributed by atoms with Gasteiger partial charge < -0.3 is 4.57 Å². The summed E-state index contributed by atoms with van der Waals surface area (Å²) in [6.07, 6.45) is 2.48. The minimum absolute atomic E-state index is 0.251. The molecule has 1 aliphatic carbocycles. The molecule has 2 N–H and O–H groups in total. The molecular formula is C18H20N2O3. The van der Waals surface area contributed by atoms with Gasteiger partial charge in [0.1, 0.15) is 0 Å². The maximum atomic E-state index is 12.2. The number of nitrogens with one attached hydrogen (secondary N) is 1. The summed E-state index contributed by atoms with van der Waals surface area (Å²) in [7, 11) is 0. The number of ketones is 1. The number of benzene rings is 1. The molecule has 0 atom stereocenters. The first-order valence-corrected chi connectivity index (χ1v) is 7.78. The molecule has 3 rings (SSSR count).